The highest BCUT2D eigenvalue weighted by Crippen LogP contribution is 2.23. The normalized spacial score (nSPS) is 11.0. The van der Waals surface area contributed by atoms with Crippen LogP contribution in [0.2, 0.25) is 0 Å². The second kappa shape index (κ2) is 7.31. The van der Waals surface area contributed by atoms with Gasteiger partial charge in [0, 0.05) is 31.3 Å². The zero-order chi connectivity index (χ0) is 15.2. The molecule has 1 aromatic carbocycles. The number of unbranched alkanes of at least 4 members (excludes halogenated alkanes) is 1. The lowest BCUT2D eigenvalue weighted by molar-refractivity contribution is -0.118. The molecular formula is C15H20ClN3O2. The first-order chi connectivity index (χ1) is 10.2. The van der Waals surface area contributed by atoms with E-state index < -0.39 is 0 Å². The fraction of sp³-hybridized carbons (Fsp3) is 0.467. The van der Waals surface area contributed by atoms with E-state index in [1.54, 1.807) is 7.11 Å². The zero-order valence-corrected chi connectivity index (χ0v) is 12.9. The number of rotatable bonds is 8. The third-order valence-corrected chi connectivity index (χ3v) is 3.60. The van der Waals surface area contributed by atoms with Crippen LogP contribution in [0.5, 0.6) is 5.75 Å². The van der Waals surface area contributed by atoms with Crippen molar-refractivity contribution in [2.45, 2.75) is 32.2 Å². The molecule has 2 aromatic rings. The molecule has 114 valence electrons. The number of benzene rings is 1. The molecule has 1 aromatic heterocycles. The minimum atomic E-state index is -0.254. The van der Waals surface area contributed by atoms with Crippen molar-refractivity contribution >= 4 is 28.5 Å². The van der Waals surface area contributed by atoms with Crippen molar-refractivity contribution in [3.05, 3.63) is 24.0 Å². The number of methoxy groups -OCH3 is 1. The first-order valence-electron chi connectivity index (χ1n) is 7.03. The number of carbonyl (C=O) groups excluding carboxylic acids is 1. The number of ether oxygens (including phenoxy) is 1. The van der Waals surface area contributed by atoms with Gasteiger partial charge in [0.25, 0.3) is 0 Å². The van der Waals surface area contributed by atoms with Crippen LogP contribution in [0.3, 0.4) is 0 Å². The molecule has 21 heavy (non-hydrogen) atoms. The van der Waals surface area contributed by atoms with Crippen molar-refractivity contribution in [3.8, 4) is 5.75 Å². The molecule has 0 fully saturated rings. The van der Waals surface area contributed by atoms with E-state index in [1.807, 2.05) is 18.2 Å². The predicted molar refractivity (Wildman–Crippen MR) is 83.8 cm³/mol. The van der Waals surface area contributed by atoms with Crippen LogP contribution in [0.25, 0.3) is 11.0 Å². The molecule has 0 spiro atoms. The summed E-state index contributed by atoms with van der Waals surface area (Å²) in [7, 11) is 1.64. The SMILES string of the molecule is COc1ccc2c(c1)nc(CCCl)n2CCCCC(N)=O. The van der Waals surface area contributed by atoms with Gasteiger partial charge in [-0.2, -0.15) is 0 Å². The lowest BCUT2D eigenvalue weighted by Crippen LogP contribution is -2.11. The number of carbonyl (C=O) groups is 1. The van der Waals surface area contributed by atoms with E-state index in [0.717, 1.165) is 42.0 Å². The summed E-state index contributed by atoms with van der Waals surface area (Å²) < 4.78 is 7.39. The summed E-state index contributed by atoms with van der Waals surface area (Å²) in [5.74, 6) is 2.03. The molecule has 1 heterocycles. The van der Waals surface area contributed by atoms with Crippen LogP contribution in [0.1, 0.15) is 25.1 Å². The number of nitrogens with two attached hydrogens (primary N) is 1. The van der Waals surface area contributed by atoms with Crippen molar-refractivity contribution in [1.82, 2.24) is 9.55 Å². The van der Waals surface area contributed by atoms with Crippen molar-refractivity contribution in [1.29, 1.82) is 0 Å². The molecule has 2 N–H and O–H groups in total. The topological polar surface area (TPSA) is 70.1 Å². The van der Waals surface area contributed by atoms with E-state index in [4.69, 9.17) is 22.1 Å². The van der Waals surface area contributed by atoms with E-state index in [9.17, 15) is 4.79 Å². The van der Waals surface area contributed by atoms with Crippen LogP contribution in [-0.4, -0.2) is 28.4 Å². The van der Waals surface area contributed by atoms with Gasteiger partial charge < -0.3 is 15.0 Å². The van der Waals surface area contributed by atoms with Crippen molar-refractivity contribution in [2.24, 2.45) is 5.73 Å². The van der Waals surface area contributed by atoms with E-state index in [-0.39, 0.29) is 5.91 Å². The lowest BCUT2D eigenvalue weighted by Gasteiger charge is -2.08. The van der Waals surface area contributed by atoms with Gasteiger partial charge in [0.15, 0.2) is 0 Å². The molecule has 2 rings (SSSR count). The molecule has 0 aliphatic rings. The number of amides is 1. The van der Waals surface area contributed by atoms with Gasteiger partial charge in [0.2, 0.25) is 5.91 Å². The number of halogens is 1. The lowest BCUT2D eigenvalue weighted by atomic mass is 10.2. The molecule has 0 aliphatic heterocycles. The average molecular weight is 310 g/mol. The third kappa shape index (κ3) is 3.88. The van der Waals surface area contributed by atoms with E-state index in [0.29, 0.717) is 18.7 Å². The van der Waals surface area contributed by atoms with Crippen LogP contribution < -0.4 is 10.5 Å². The number of imidazole rings is 1. The predicted octanol–water partition coefficient (Wildman–Crippen LogP) is 2.48. The number of aryl methyl sites for hydroxylation is 2. The number of nitrogens with zero attached hydrogens (tertiary/aromatic N) is 2. The van der Waals surface area contributed by atoms with Crippen LogP contribution in [-0.2, 0) is 17.8 Å². The van der Waals surface area contributed by atoms with Crippen molar-refractivity contribution in [3.63, 3.8) is 0 Å². The number of fused-ring (bicyclic) bond motifs is 1. The Kier molecular flexibility index (Phi) is 5.44. The molecular weight excluding hydrogens is 290 g/mol. The van der Waals surface area contributed by atoms with Gasteiger partial charge in [-0.25, -0.2) is 4.98 Å². The van der Waals surface area contributed by atoms with Crippen LogP contribution in [0.15, 0.2) is 18.2 Å². The zero-order valence-electron chi connectivity index (χ0n) is 12.1. The Hall–Kier alpha value is -1.75. The Morgan fingerprint density at radius 2 is 2.24 bits per heavy atom. The van der Waals surface area contributed by atoms with E-state index >= 15 is 0 Å². The number of hydrogen-bond donors (Lipinski definition) is 1. The minimum absolute atomic E-state index is 0.254. The Morgan fingerprint density at radius 1 is 1.43 bits per heavy atom. The van der Waals surface area contributed by atoms with Gasteiger partial charge in [-0.15, -0.1) is 11.6 Å². The Balaban J connectivity index is 2.21. The van der Waals surface area contributed by atoms with Crippen LogP contribution >= 0.6 is 11.6 Å². The maximum absolute atomic E-state index is 10.8. The Labute approximate surface area is 129 Å². The van der Waals surface area contributed by atoms with Crippen molar-refractivity contribution in [2.75, 3.05) is 13.0 Å². The number of alkyl halides is 1. The molecule has 0 atom stereocenters. The second-order valence-electron chi connectivity index (χ2n) is 4.90. The summed E-state index contributed by atoms with van der Waals surface area (Å²) in [5.41, 5.74) is 7.13. The molecule has 0 unspecified atom stereocenters. The molecule has 0 saturated carbocycles. The van der Waals surface area contributed by atoms with Gasteiger partial charge in [-0.1, -0.05) is 0 Å². The first-order valence-corrected chi connectivity index (χ1v) is 7.56. The van der Waals surface area contributed by atoms with Gasteiger partial charge in [0.1, 0.15) is 11.6 Å². The summed E-state index contributed by atoms with van der Waals surface area (Å²) in [6, 6.07) is 5.86. The summed E-state index contributed by atoms with van der Waals surface area (Å²) in [4.78, 5) is 15.4. The quantitative estimate of drug-likeness (QED) is 0.601. The Bertz CT molecular complexity index is 625. The Morgan fingerprint density at radius 3 is 2.90 bits per heavy atom. The molecule has 0 aliphatic carbocycles. The summed E-state index contributed by atoms with van der Waals surface area (Å²) >= 11 is 5.86. The molecule has 0 bridgehead atoms. The molecule has 0 saturated heterocycles. The standard InChI is InChI=1S/C15H20ClN3O2/c1-21-11-5-6-13-12(10-11)18-15(7-8-16)19(13)9-3-2-4-14(17)20/h5-6,10H,2-4,7-9H2,1H3,(H2,17,20). The van der Waals surface area contributed by atoms with Gasteiger partial charge in [-0.05, 0) is 25.0 Å². The maximum atomic E-state index is 10.8. The minimum Gasteiger partial charge on any atom is -0.497 e. The van der Waals surface area contributed by atoms with E-state index in [1.165, 1.54) is 0 Å². The highest BCUT2D eigenvalue weighted by atomic mass is 35.5. The largest absolute Gasteiger partial charge is 0.497 e. The maximum Gasteiger partial charge on any atom is 0.217 e. The first kappa shape index (κ1) is 15.6. The van der Waals surface area contributed by atoms with Gasteiger partial charge >= 0.3 is 0 Å². The summed E-state index contributed by atoms with van der Waals surface area (Å²) in [6.45, 7) is 0.808. The molecule has 5 nitrogen and oxygen atoms in total. The second-order valence-corrected chi connectivity index (χ2v) is 5.27. The highest BCUT2D eigenvalue weighted by Gasteiger charge is 2.11. The van der Waals surface area contributed by atoms with Crippen LogP contribution in [0.4, 0.5) is 0 Å². The number of aromatic nitrogens is 2. The number of primary amides is 1. The molecule has 6 heteroatoms. The van der Waals surface area contributed by atoms with E-state index in [2.05, 4.69) is 9.55 Å². The third-order valence-electron chi connectivity index (χ3n) is 3.41. The van der Waals surface area contributed by atoms with Gasteiger partial charge in [-0.3, -0.25) is 4.79 Å². The van der Waals surface area contributed by atoms with Crippen LogP contribution in [0, 0.1) is 0 Å². The summed E-state index contributed by atoms with van der Waals surface area (Å²) in [6.07, 6.45) is 2.81. The molecule has 1 amide bonds. The number of hydrogen-bond acceptors (Lipinski definition) is 3. The average Bonchev–Trinajstić information content (AvgIpc) is 2.80. The van der Waals surface area contributed by atoms with Gasteiger partial charge in [0.05, 0.1) is 18.1 Å². The fourth-order valence-corrected chi connectivity index (χ4v) is 2.55. The fourth-order valence-electron chi connectivity index (χ4n) is 2.38. The molecule has 0 radical (unpaired) electrons. The monoisotopic (exact) mass is 309 g/mol. The highest BCUT2D eigenvalue weighted by molar-refractivity contribution is 6.17. The van der Waals surface area contributed by atoms with Crippen molar-refractivity contribution < 1.29 is 9.53 Å². The summed E-state index contributed by atoms with van der Waals surface area (Å²) in [5, 5.41) is 0. The smallest absolute Gasteiger partial charge is 0.217 e.